The van der Waals surface area contributed by atoms with E-state index in [1.807, 2.05) is 18.2 Å². The Morgan fingerprint density at radius 2 is 2.29 bits per heavy atom. The Morgan fingerprint density at radius 1 is 1.53 bits per heavy atom. The van der Waals surface area contributed by atoms with Gasteiger partial charge in [-0.15, -0.1) is 0 Å². The largest absolute Gasteiger partial charge is 0.391 e. The number of halogens is 2. The van der Waals surface area contributed by atoms with Crippen LogP contribution in [0.4, 0.5) is 0 Å². The summed E-state index contributed by atoms with van der Waals surface area (Å²) in [6.45, 7) is 1.17. The molecule has 1 atom stereocenters. The molecule has 3 nitrogen and oxygen atoms in total. The highest BCUT2D eigenvalue weighted by Crippen LogP contribution is 2.22. The highest BCUT2D eigenvalue weighted by molar-refractivity contribution is 14.1. The first-order valence-electron chi connectivity index (χ1n) is 5.50. The lowest BCUT2D eigenvalue weighted by atomic mass is 10.1. The smallest absolute Gasteiger partial charge is 0.255 e. The van der Waals surface area contributed by atoms with Gasteiger partial charge >= 0.3 is 0 Å². The van der Waals surface area contributed by atoms with Crippen molar-refractivity contribution in [2.24, 2.45) is 0 Å². The lowest BCUT2D eigenvalue weighted by Crippen LogP contribution is -2.42. The van der Waals surface area contributed by atoms with Crippen LogP contribution in [0.3, 0.4) is 0 Å². The van der Waals surface area contributed by atoms with Crippen molar-refractivity contribution in [3.63, 3.8) is 0 Å². The van der Waals surface area contributed by atoms with Crippen molar-refractivity contribution in [1.82, 2.24) is 4.90 Å². The van der Waals surface area contributed by atoms with E-state index in [1.54, 1.807) is 4.90 Å². The summed E-state index contributed by atoms with van der Waals surface area (Å²) in [6, 6.07) is 5.70. The Hall–Kier alpha value is -0.140. The monoisotopic (exact) mass is 409 g/mol. The molecule has 1 unspecified atom stereocenters. The molecule has 1 N–H and O–H groups in total. The van der Waals surface area contributed by atoms with Gasteiger partial charge in [0.1, 0.15) is 0 Å². The lowest BCUT2D eigenvalue weighted by molar-refractivity contribution is 0.0473. The second-order valence-corrected chi connectivity index (χ2v) is 6.27. The van der Waals surface area contributed by atoms with Crippen molar-refractivity contribution in [1.29, 1.82) is 0 Å². The third-order valence-corrected chi connectivity index (χ3v) is 4.21. The second-order valence-electron chi connectivity index (χ2n) is 4.17. The van der Waals surface area contributed by atoms with E-state index >= 15 is 0 Å². The number of amides is 1. The van der Waals surface area contributed by atoms with Gasteiger partial charge in [-0.25, -0.2) is 0 Å². The Balaban J connectivity index is 2.21. The highest BCUT2D eigenvalue weighted by Gasteiger charge is 2.24. The van der Waals surface area contributed by atoms with Crippen molar-refractivity contribution in [2.75, 3.05) is 13.1 Å². The SMILES string of the molecule is O=C(c1cc(I)ccc1Br)N1CCCC(O)C1. The van der Waals surface area contributed by atoms with Gasteiger partial charge in [0.2, 0.25) is 0 Å². The van der Waals surface area contributed by atoms with Gasteiger partial charge in [0.05, 0.1) is 11.7 Å². The summed E-state index contributed by atoms with van der Waals surface area (Å²) >= 11 is 5.59. The van der Waals surface area contributed by atoms with E-state index in [0.29, 0.717) is 12.1 Å². The molecule has 1 amide bonds. The normalized spacial score (nSPS) is 20.4. The number of aliphatic hydroxyl groups excluding tert-OH is 1. The van der Waals surface area contributed by atoms with E-state index < -0.39 is 0 Å². The number of hydrogen-bond acceptors (Lipinski definition) is 2. The molecule has 5 heteroatoms. The number of piperidine rings is 1. The molecule has 1 saturated heterocycles. The molecule has 1 heterocycles. The Morgan fingerprint density at radius 3 is 3.00 bits per heavy atom. The molecule has 0 aromatic heterocycles. The third-order valence-electron chi connectivity index (χ3n) is 2.84. The summed E-state index contributed by atoms with van der Waals surface area (Å²) in [5.74, 6) is -0.00542. The topological polar surface area (TPSA) is 40.5 Å². The fraction of sp³-hybridized carbons (Fsp3) is 0.417. The minimum absolute atomic E-state index is 0.00542. The first-order chi connectivity index (χ1) is 8.08. The van der Waals surface area contributed by atoms with Crippen LogP contribution in [0.1, 0.15) is 23.2 Å². The molecule has 92 valence electrons. The molecule has 0 spiro atoms. The molecule has 1 aliphatic rings. The van der Waals surface area contributed by atoms with Crippen LogP contribution in [-0.2, 0) is 0 Å². The standard InChI is InChI=1S/C12H13BrINO2/c13-11-4-3-8(14)6-10(11)12(17)15-5-1-2-9(16)7-15/h3-4,6,9,16H,1-2,5,7H2. The predicted octanol–water partition coefficient (Wildman–Crippen LogP) is 2.65. The van der Waals surface area contributed by atoms with Crippen molar-refractivity contribution in [3.8, 4) is 0 Å². The van der Waals surface area contributed by atoms with Crippen molar-refractivity contribution in [3.05, 3.63) is 31.8 Å². The number of benzene rings is 1. The van der Waals surface area contributed by atoms with Crippen LogP contribution in [0.25, 0.3) is 0 Å². The molecule has 1 aliphatic heterocycles. The van der Waals surface area contributed by atoms with Crippen molar-refractivity contribution < 1.29 is 9.90 Å². The molecular weight excluding hydrogens is 397 g/mol. The van der Waals surface area contributed by atoms with Gasteiger partial charge in [0.15, 0.2) is 0 Å². The summed E-state index contributed by atoms with van der Waals surface area (Å²) in [5.41, 5.74) is 0.672. The molecule has 2 rings (SSSR count). The van der Waals surface area contributed by atoms with Crippen LogP contribution < -0.4 is 0 Å². The molecule has 0 radical (unpaired) electrons. The molecular formula is C12H13BrINO2. The summed E-state index contributed by atoms with van der Waals surface area (Å²) in [5, 5.41) is 9.59. The van der Waals surface area contributed by atoms with Gasteiger partial charge in [0.25, 0.3) is 5.91 Å². The molecule has 0 bridgehead atoms. The maximum absolute atomic E-state index is 12.3. The van der Waals surface area contributed by atoms with E-state index in [1.165, 1.54) is 0 Å². The van der Waals surface area contributed by atoms with Gasteiger partial charge in [-0.1, -0.05) is 0 Å². The maximum atomic E-state index is 12.3. The highest BCUT2D eigenvalue weighted by atomic mass is 127. The first-order valence-corrected chi connectivity index (χ1v) is 7.37. The van der Waals surface area contributed by atoms with E-state index in [4.69, 9.17) is 0 Å². The molecule has 0 saturated carbocycles. The zero-order chi connectivity index (χ0) is 12.4. The van der Waals surface area contributed by atoms with Crippen LogP contribution in [0.5, 0.6) is 0 Å². The van der Waals surface area contributed by atoms with E-state index in [0.717, 1.165) is 27.4 Å². The van der Waals surface area contributed by atoms with Crippen LogP contribution in [0.2, 0.25) is 0 Å². The average Bonchev–Trinajstić information content (AvgIpc) is 2.31. The lowest BCUT2D eigenvalue weighted by Gasteiger charge is -2.30. The Kier molecular flexibility index (Phi) is 4.43. The number of carbonyl (C=O) groups excluding carboxylic acids is 1. The number of β-amino-alcohol motifs (C(OH)–C–C–N with tert-alkyl or cyclic N) is 1. The summed E-state index contributed by atoms with van der Waals surface area (Å²) < 4.78 is 1.84. The van der Waals surface area contributed by atoms with Crippen molar-refractivity contribution >= 4 is 44.4 Å². The average molecular weight is 410 g/mol. The Labute approximate surface area is 122 Å². The van der Waals surface area contributed by atoms with Gasteiger partial charge in [-0.2, -0.15) is 0 Å². The minimum atomic E-state index is -0.380. The zero-order valence-corrected chi connectivity index (χ0v) is 12.9. The Bertz CT molecular complexity index is 439. The maximum Gasteiger partial charge on any atom is 0.255 e. The fourth-order valence-electron chi connectivity index (χ4n) is 1.97. The van der Waals surface area contributed by atoms with Crippen LogP contribution in [0.15, 0.2) is 22.7 Å². The van der Waals surface area contributed by atoms with Crippen LogP contribution in [0, 0.1) is 3.57 Å². The van der Waals surface area contributed by atoms with Gasteiger partial charge in [-0.05, 0) is 69.6 Å². The molecule has 1 fully saturated rings. The number of hydrogen-bond donors (Lipinski definition) is 1. The number of aliphatic hydroxyl groups is 1. The number of nitrogens with zero attached hydrogens (tertiary/aromatic N) is 1. The van der Waals surface area contributed by atoms with E-state index in [-0.39, 0.29) is 12.0 Å². The number of rotatable bonds is 1. The quantitative estimate of drug-likeness (QED) is 0.724. The van der Waals surface area contributed by atoms with Crippen LogP contribution in [-0.4, -0.2) is 35.1 Å². The summed E-state index contributed by atoms with van der Waals surface area (Å²) in [7, 11) is 0. The molecule has 0 aliphatic carbocycles. The summed E-state index contributed by atoms with van der Waals surface area (Å²) in [6.07, 6.45) is 1.28. The molecule has 17 heavy (non-hydrogen) atoms. The molecule has 1 aromatic carbocycles. The van der Waals surface area contributed by atoms with Crippen molar-refractivity contribution in [2.45, 2.75) is 18.9 Å². The summed E-state index contributed by atoms with van der Waals surface area (Å²) in [4.78, 5) is 14.0. The number of likely N-dealkylation sites (tertiary alicyclic amines) is 1. The molecule has 1 aromatic rings. The predicted molar refractivity (Wildman–Crippen MR) is 78.0 cm³/mol. The minimum Gasteiger partial charge on any atom is -0.391 e. The number of carbonyl (C=O) groups is 1. The van der Waals surface area contributed by atoms with Gasteiger partial charge in [-0.3, -0.25) is 4.79 Å². The third kappa shape index (κ3) is 3.20. The fourth-order valence-corrected chi connectivity index (χ4v) is 2.88. The van der Waals surface area contributed by atoms with Gasteiger partial charge < -0.3 is 10.0 Å². The van der Waals surface area contributed by atoms with Gasteiger partial charge in [0, 0.05) is 21.1 Å². The van der Waals surface area contributed by atoms with E-state index in [2.05, 4.69) is 38.5 Å². The first kappa shape index (κ1) is 13.3. The second kappa shape index (κ2) is 5.67. The van der Waals surface area contributed by atoms with Crippen LogP contribution >= 0.6 is 38.5 Å². The van der Waals surface area contributed by atoms with E-state index in [9.17, 15) is 9.90 Å². The zero-order valence-electron chi connectivity index (χ0n) is 9.20.